The van der Waals surface area contributed by atoms with Gasteiger partial charge in [0.2, 0.25) is 0 Å². The maximum atomic E-state index is 9.82. The second-order valence-corrected chi connectivity index (χ2v) is 7.91. The van der Waals surface area contributed by atoms with Crippen molar-refractivity contribution < 1.29 is 9.84 Å². The summed E-state index contributed by atoms with van der Waals surface area (Å²) in [5.41, 5.74) is 7.64. The topological polar surface area (TPSA) is 29.5 Å². The molecular weight excluding hydrogens is 404 g/mol. The van der Waals surface area contributed by atoms with Crippen LogP contribution in [0.1, 0.15) is 5.56 Å². The van der Waals surface area contributed by atoms with Gasteiger partial charge in [-0.3, -0.25) is 0 Å². The summed E-state index contributed by atoms with van der Waals surface area (Å²) in [4.78, 5) is 0. The number of benzene rings is 5. The summed E-state index contributed by atoms with van der Waals surface area (Å²) in [5, 5.41) is 9.82. The van der Waals surface area contributed by atoms with E-state index in [1.165, 1.54) is 0 Å². The number of phenols is 1. The summed E-state index contributed by atoms with van der Waals surface area (Å²) >= 11 is 0. The molecule has 0 radical (unpaired) electrons. The molecule has 5 aromatic rings. The minimum atomic E-state index is 0.256. The van der Waals surface area contributed by atoms with E-state index in [-0.39, 0.29) is 5.75 Å². The lowest BCUT2D eigenvalue weighted by Crippen LogP contribution is -1.99. The highest BCUT2D eigenvalue weighted by Crippen LogP contribution is 2.45. The highest BCUT2D eigenvalue weighted by molar-refractivity contribution is 5.97. The van der Waals surface area contributed by atoms with Crippen molar-refractivity contribution in [2.24, 2.45) is 0 Å². The Balaban J connectivity index is 1.73. The Labute approximate surface area is 194 Å². The summed E-state index contributed by atoms with van der Waals surface area (Å²) < 4.78 is 6.41. The fourth-order valence-electron chi connectivity index (χ4n) is 4.12. The Hall–Kier alpha value is -4.30. The zero-order valence-corrected chi connectivity index (χ0v) is 18.2. The van der Waals surface area contributed by atoms with E-state index in [2.05, 4.69) is 72.8 Å². The molecule has 0 aromatic heterocycles. The number of hydrogen-bond donors (Lipinski definition) is 1. The van der Waals surface area contributed by atoms with Crippen molar-refractivity contribution in [3.8, 4) is 44.9 Å². The van der Waals surface area contributed by atoms with Gasteiger partial charge in [0.15, 0.2) is 0 Å². The number of aromatic hydroxyl groups is 1. The van der Waals surface area contributed by atoms with Crippen LogP contribution in [0.3, 0.4) is 0 Å². The van der Waals surface area contributed by atoms with Crippen LogP contribution in [0.4, 0.5) is 0 Å². The van der Waals surface area contributed by atoms with E-state index in [0.717, 1.165) is 44.7 Å². The van der Waals surface area contributed by atoms with Crippen LogP contribution in [0, 0.1) is 0 Å². The first-order chi connectivity index (χ1) is 16.3. The van der Waals surface area contributed by atoms with Crippen molar-refractivity contribution in [1.29, 1.82) is 0 Å². The zero-order chi connectivity index (χ0) is 22.5. The van der Waals surface area contributed by atoms with Crippen LogP contribution in [0.15, 0.2) is 127 Å². The molecule has 33 heavy (non-hydrogen) atoms. The summed E-state index contributed by atoms with van der Waals surface area (Å²) in [6.07, 6.45) is 0. The predicted octanol–water partition coefficient (Wildman–Crippen LogP) is 7.97. The molecule has 0 spiro atoms. The number of rotatable bonds is 6. The molecule has 0 aliphatic rings. The number of ether oxygens (including phenoxy) is 1. The molecule has 160 valence electrons. The smallest absolute Gasteiger partial charge is 0.128 e. The molecule has 0 aliphatic heterocycles. The van der Waals surface area contributed by atoms with E-state index in [0.29, 0.717) is 6.61 Å². The van der Waals surface area contributed by atoms with Gasteiger partial charge in [-0.15, -0.1) is 0 Å². The Kier molecular flexibility index (Phi) is 5.90. The summed E-state index contributed by atoms with van der Waals surface area (Å²) in [6, 6.07) is 42.5. The molecule has 5 aromatic carbocycles. The summed E-state index contributed by atoms with van der Waals surface area (Å²) in [7, 11) is 0. The fourth-order valence-corrected chi connectivity index (χ4v) is 4.12. The third kappa shape index (κ3) is 4.51. The molecule has 0 amide bonds. The Morgan fingerprint density at radius 1 is 0.485 bits per heavy atom. The van der Waals surface area contributed by atoms with Crippen LogP contribution in [0.5, 0.6) is 11.5 Å². The number of phenolic OH excluding ortho intramolecular Hbond substituents is 1. The minimum Gasteiger partial charge on any atom is -0.508 e. The lowest BCUT2D eigenvalue weighted by molar-refractivity contribution is 0.307. The van der Waals surface area contributed by atoms with E-state index in [1.54, 1.807) is 12.1 Å². The Bertz CT molecular complexity index is 1330. The van der Waals surface area contributed by atoms with Gasteiger partial charge in [0, 0.05) is 11.1 Å². The third-order valence-electron chi connectivity index (χ3n) is 5.71. The Morgan fingerprint density at radius 3 is 1.64 bits per heavy atom. The van der Waals surface area contributed by atoms with E-state index in [9.17, 15) is 5.11 Å². The normalized spacial score (nSPS) is 10.7. The molecule has 0 atom stereocenters. The van der Waals surface area contributed by atoms with Gasteiger partial charge >= 0.3 is 0 Å². The first-order valence-corrected chi connectivity index (χ1v) is 11.0. The van der Waals surface area contributed by atoms with Crippen LogP contribution in [0.25, 0.3) is 33.4 Å². The monoisotopic (exact) mass is 428 g/mol. The maximum absolute atomic E-state index is 9.82. The van der Waals surface area contributed by atoms with Gasteiger partial charge < -0.3 is 9.84 Å². The van der Waals surface area contributed by atoms with E-state index in [1.807, 2.05) is 42.5 Å². The highest BCUT2D eigenvalue weighted by atomic mass is 16.5. The molecule has 0 fully saturated rings. The lowest BCUT2D eigenvalue weighted by atomic mass is 9.87. The molecule has 2 heteroatoms. The van der Waals surface area contributed by atoms with Crippen molar-refractivity contribution in [1.82, 2.24) is 0 Å². The zero-order valence-electron chi connectivity index (χ0n) is 18.2. The van der Waals surface area contributed by atoms with Crippen molar-refractivity contribution in [3.63, 3.8) is 0 Å². The van der Waals surface area contributed by atoms with Gasteiger partial charge in [-0.1, -0.05) is 109 Å². The van der Waals surface area contributed by atoms with Crippen LogP contribution >= 0.6 is 0 Å². The quantitative estimate of drug-likeness (QED) is 0.297. The van der Waals surface area contributed by atoms with Crippen molar-refractivity contribution in [2.75, 3.05) is 0 Å². The van der Waals surface area contributed by atoms with Crippen LogP contribution in [0.2, 0.25) is 0 Å². The van der Waals surface area contributed by atoms with Crippen molar-refractivity contribution in [3.05, 3.63) is 133 Å². The third-order valence-corrected chi connectivity index (χ3v) is 5.71. The molecule has 1 N–H and O–H groups in total. The largest absolute Gasteiger partial charge is 0.508 e. The van der Waals surface area contributed by atoms with Gasteiger partial charge in [0.25, 0.3) is 0 Å². The van der Waals surface area contributed by atoms with Crippen molar-refractivity contribution in [2.45, 2.75) is 6.61 Å². The average molecular weight is 429 g/mol. The van der Waals surface area contributed by atoms with Gasteiger partial charge in [-0.2, -0.15) is 0 Å². The predicted molar refractivity (Wildman–Crippen MR) is 135 cm³/mol. The first-order valence-electron chi connectivity index (χ1n) is 11.0. The number of hydrogen-bond acceptors (Lipinski definition) is 2. The summed E-state index contributed by atoms with van der Waals surface area (Å²) in [5.74, 6) is 1.09. The molecule has 0 saturated carbocycles. The SMILES string of the molecule is Oc1ccc(-c2ccc(OCc3ccccc3)c(-c3ccccc3)c2-c2ccccc2)cc1. The standard InChI is InChI=1S/C31H24O2/c32-27-18-16-24(17-19-27)28-20-21-29(33-22-23-10-4-1-5-11-23)31(26-14-8-3-9-15-26)30(28)25-12-6-2-7-13-25/h1-21,32H,22H2. The second kappa shape index (κ2) is 9.46. The fraction of sp³-hybridized carbons (Fsp3) is 0.0323. The molecule has 0 saturated heterocycles. The lowest BCUT2D eigenvalue weighted by Gasteiger charge is -2.20. The molecule has 2 nitrogen and oxygen atoms in total. The van der Waals surface area contributed by atoms with Crippen LogP contribution < -0.4 is 4.74 Å². The van der Waals surface area contributed by atoms with E-state index >= 15 is 0 Å². The molecule has 0 bridgehead atoms. The molecule has 5 rings (SSSR count). The summed E-state index contributed by atoms with van der Waals surface area (Å²) in [6.45, 7) is 0.494. The molecule has 0 heterocycles. The van der Waals surface area contributed by atoms with Crippen LogP contribution in [-0.4, -0.2) is 5.11 Å². The molecule has 0 unspecified atom stereocenters. The Morgan fingerprint density at radius 2 is 1.03 bits per heavy atom. The van der Waals surface area contributed by atoms with E-state index in [4.69, 9.17) is 4.74 Å². The van der Waals surface area contributed by atoms with Gasteiger partial charge in [-0.25, -0.2) is 0 Å². The second-order valence-electron chi connectivity index (χ2n) is 7.91. The van der Waals surface area contributed by atoms with E-state index < -0.39 is 0 Å². The molecule has 0 aliphatic carbocycles. The van der Waals surface area contributed by atoms with Gasteiger partial charge in [0.05, 0.1) is 0 Å². The average Bonchev–Trinajstić information content (AvgIpc) is 2.89. The van der Waals surface area contributed by atoms with Gasteiger partial charge in [-0.05, 0) is 46.0 Å². The van der Waals surface area contributed by atoms with Gasteiger partial charge in [0.1, 0.15) is 18.1 Å². The van der Waals surface area contributed by atoms with Crippen LogP contribution in [-0.2, 0) is 6.61 Å². The molecular formula is C31H24O2. The first kappa shape index (κ1) is 20.6. The van der Waals surface area contributed by atoms with Crippen molar-refractivity contribution >= 4 is 0 Å². The highest BCUT2D eigenvalue weighted by Gasteiger charge is 2.19. The maximum Gasteiger partial charge on any atom is 0.128 e. The minimum absolute atomic E-state index is 0.256.